The Morgan fingerprint density at radius 3 is 2.81 bits per heavy atom. The molecule has 0 aliphatic heterocycles. The van der Waals surface area contributed by atoms with Crippen LogP contribution in [0.3, 0.4) is 0 Å². The van der Waals surface area contributed by atoms with Crippen LogP contribution in [0, 0.1) is 0 Å². The van der Waals surface area contributed by atoms with Crippen LogP contribution >= 0.6 is 0 Å². The molecule has 1 amide bonds. The Bertz CT molecular complexity index is 606. The predicted octanol–water partition coefficient (Wildman–Crippen LogP) is 0.696. The number of aromatic nitrogens is 4. The molecule has 1 aliphatic carbocycles. The quantitative estimate of drug-likeness (QED) is 0.866. The fourth-order valence-electron chi connectivity index (χ4n) is 2.46. The number of aliphatic hydroxyl groups excluding tert-OH is 1. The van der Waals surface area contributed by atoms with Crippen molar-refractivity contribution in [2.45, 2.75) is 37.8 Å². The maximum Gasteiger partial charge on any atom is 0.270 e. The molecular formula is C14H17N5O2. The van der Waals surface area contributed by atoms with E-state index < -0.39 is 0 Å². The summed E-state index contributed by atoms with van der Waals surface area (Å²) in [6, 6.07) is 1.69. The number of nitrogens with one attached hydrogen (secondary N) is 1. The number of carbonyl (C=O) groups excluding carboxylic acids is 1. The standard InChI is InChI=1S/C14H17N5O2/c20-11-3-1-10(2-4-11)17-13(21)12-5-6-16-14(18-12)19-8-7-15-9-19/h5-11,20H,1-4H2,(H,17,21)/t10-,11-. The smallest absolute Gasteiger partial charge is 0.270 e. The highest BCUT2D eigenvalue weighted by Crippen LogP contribution is 2.18. The van der Waals surface area contributed by atoms with Crippen molar-refractivity contribution in [2.75, 3.05) is 0 Å². The number of rotatable bonds is 3. The first-order valence-electron chi connectivity index (χ1n) is 7.02. The first kappa shape index (κ1) is 13.7. The van der Waals surface area contributed by atoms with Crippen molar-refractivity contribution in [3.63, 3.8) is 0 Å². The molecule has 2 aromatic heterocycles. The van der Waals surface area contributed by atoms with Gasteiger partial charge in [-0.3, -0.25) is 9.36 Å². The molecule has 21 heavy (non-hydrogen) atoms. The van der Waals surface area contributed by atoms with Gasteiger partial charge in [0.15, 0.2) is 0 Å². The van der Waals surface area contributed by atoms with E-state index in [1.807, 2.05) is 0 Å². The Morgan fingerprint density at radius 2 is 2.10 bits per heavy atom. The Hall–Kier alpha value is -2.28. The van der Waals surface area contributed by atoms with E-state index >= 15 is 0 Å². The number of carbonyl (C=O) groups is 1. The lowest BCUT2D eigenvalue weighted by molar-refractivity contribution is 0.0863. The molecule has 3 rings (SSSR count). The topological polar surface area (TPSA) is 92.9 Å². The first-order chi connectivity index (χ1) is 10.2. The summed E-state index contributed by atoms with van der Waals surface area (Å²) in [5.74, 6) is 0.208. The van der Waals surface area contributed by atoms with E-state index in [1.165, 1.54) is 0 Å². The molecule has 1 saturated carbocycles. The second-order valence-electron chi connectivity index (χ2n) is 5.19. The van der Waals surface area contributed by atoms with Gasteiger partial charge in [-0.25, -0.2) is 15.0 Å². The highest BCUT2D eigenvalue weighted by atomic mass is 16.3. The lowest BCUT2D eigenvalue weighted by atomic mass is 9.93. The number of amides is 1. The van der Waals surface area contributed by atoms with Crippen LogP contribution < -0.4 is 5.32 Å². The van der Waals surface area contributed by atoms with E-state index in [0.717, 1.165) is 25.7 Å². The molecule has 0 spiro atoms. The summed E-state index contributed by atoms with van der Waals surface area (Å²) in [6.45, 7) is 0. The molecule has 2 aromatic rings. The van der Waals surface area contributed by atoms with Crippen LogP contribution in [0.25, 0.3) is 5.95 Å². The molecule has 2 N–H and O–H groups in total. The van der Waals surface area contributed by atoms with Crippen molar-refractivity contribution in [2.24, 2.45) is 0 Å². The minimum absolute atomic E-state index is 0.104. The number of hydrogen-bond acceptors (Lipinski definition) is 5. The molecule has 0 saturated heterocycles. The minimum Gasteiger partial charge on any atom is -0.393 e. The molecule has 2 heterocycles. The van der Waals surface area contributed by atoms with Gasteiger partial charge in [0.1, 0.15) is 12.0 Å². The fourth-order valence-corrected chi connectivity index (χ4v) is 2.46. The summed E-state index contributed by atoms with van der Waals surface area (Å²) < 4.78 is 1.65. The van der Waals surface area contributed by atoms with E-state index in [9.17, 15) is 9.90 Å². The van der Waals surface area contributed by atoms with Crippen LogP contribution in [0.15, 0.2) is 31.0 Å². The van der Waals surface area contributed by atoms with Gasteiger partial charge < -0.3 is 10.4 Å². The zero-order valence-corrected chi connectivity index (χ0v) is 11.5. The highest BCUT2D eigenvalue weighted by Gasteiger charge is 2.21. The number of imidazole rings is 1. The van der Waals surface area contributed by atoms with Gasteiger partial charge in [-0.15, -0.1) is 0 Å². The van der Waals surface area contributed by atoms with Crippen molar-refractivity contribution in [3.05, 3.63) is 36.7 Å². The Morgan fingerprint density at radius 1 is 1.29 bits per heavy atom. The molecule has 0 radical (unpaired) electrons. The maximum atomic E-state index is 12.2. The Kier molecular flexibility index (Phi) is 3.92. The van der Waals surface area contributed by atoms with Crippen LogP contribution in [0.5, 0.6) is 0 Å². The molecule has 0 atom stereocenters. The first-order valence-corrected chi connectivity index (χ1v) is 7.02. The number of aliphatic hydroxyl groups is 1. The van der Waals surface area contributed by atoms with Gasteiger partial charge in [-0.05, 0) is 31.7 Å². The normalized spacial score (nSPS) is 22.0. The number of hydrogen-bond donors (Lipinski definition) is 2. The Balaban J connectivity index is 1.69. The van der Waals surface area contributed by atoms with Gasteiger partial charge in [-0.1, -0.05) is 0 Å². The summed E-state index contributed by atoms with van der Waals surface area (Å²) in [5.41, 5.74) is 0.333. The molecule has 0 unspecified atom stereocenters. The lowest BCUT2D eigenvalue weighted by Crippen LogP contribution is -2.39. The monoisotopic (exact) mass is 287 g/mol. The van der Waals surface area contributed by atoms with Crippen molar-refractivity contribution < 1.29 is 9.90 Å². The lowest BCUT2D eigenvalue weighted by Gasteiger charge is -2.26. The van der Waals surface area contributed by atoms with E-state index in [2.05, 4.69) is 20.3 Å². The van der Waals surface area contributed by atoms with Crippen molar-refractivity contribution >= 4 is 5.91 Å². The summed E-state index contributed by atoms with van der Waals surface area (Å²) in [4.78, 5) is 24.5. The molecule has 110 valence electrons. The van der Waals surface area contributed by atoms with Gasteiger partial charge in [0, 0.05) is 24.6 Å². The molecule has 0 bridgehead atoms. The van der Waals surface area contributed by atoms with Gasteiger partial charge >= 0.3 is 0 Å². The third-order valence-electron chi connectivity index (χ3n) is 3.64. The van der Waals surface area contributed by atoms with E-state index in [0.29, 0.717) is 11.6 Å². The van der Waals surface area contributed by atoms with Crippen LogP contribution in [0.1, 0.15) is 36.2 Å². The second-order valence-corrected chi connectivity index (χ2v) is 5.19. The van der Waals surface area contributed by atoms with Gasteiger partial charge in [-0.2, -0.15) is 0 Å². The van der Waals surface area contributed by atoms with Gasteiger partial charge in [0.25, 0.3) is 5.91 Å². The SMILES string of the molecule is O=C(N[C@H]1CC[C@H](O)CC1)c1ccnc(-n2ccnc2)n1. The molecule has 0 aromatic carbocycles. The van der Waals surface area contributed by atoms with Gasteiger partial charge in [0.05, 0.1) is 6.10 Å². The molecule has 7 heteroatoms. The molecule has 7 nitrogen and oxygen atoms in total. The van der Waals surface area contributed by atoms with Crippen molar-refractivity contribution in [1.29, 1.82) is 0 Å². The number of nitrogens with zero attached hydrogens (tertiary/aromatic N) is 4. The average molecular weight is 287 g/mol. The predicted molar refractivity (Wildman–Crippen MR) is 74.9 cm³/mol. The van der Waals surface area contributed by atoms with Crippen LogP contribution in [-0.4, -0.2) is 42.7 Å². The van der Waals surface area contributed by atoms with Crippen molar-refractivity contribution in [1.82, 2.24) is 24.8 Å². The zero-order valence-electron chi connectivity index (χ0n) is 11.5. The van der Waals surface area contributed by atoms with E-state index in [4.69, 9.17) is 0 Å². The fraction of sp³-hybridized carbons (Fsp3) is 0.429. The molecular weight excluding hydrogens is 270 g/mol. The van der Waals surface area contributed by atoms with Gasteiger partial charge in [0.2, 0.25) is 5.95 Å². The second kappa shape index (κ2) is 6.01. The highest BCUT2D eigenvalue weighted by molar-refractivity contribution is 5.92. The largest absolute Gasteiger partial charge is 0.393 e. The summed E-state index contributed by atoms with van der Waals surface area (Å²) >= 11 is 0. The van der Waals surface area contributed by atoms with Crippen LogP contribution in [-0.2, 0) is 0 Å². The third kappa shape index (κ3) is 3.25. The summed E-state index contributed by atoms with van der Waals surface area (Å²) in [6.07, 6.45) is 9.32. The van der Waals surface area contributed by atoms with Crippen molar-refractivity contribution in [3.8, 4) is 5.95 Å². The van der Waals surface area contributed by atoms with E-state index in [1.54, 1.807) is 35.6 Å². The average Bonchev–Trinajstić information content (AvgIpc) is 3.04. The Labute approximate surface area is 122 Å². The minimum atomic E-state index is -0.231. The van der Waals surface area contributed by atoms with E-state index in [-0.39, 0.29) is 18.1 Å². The summed E-state index contributed by atoms with van der Waals surface area (Å²) in [7, 11) is 0. The maximum absolute atomic E-state index is 12.2. The molecule has 1 aliphatic rings. The zero-order chi connectivity index (χ0) is 14.7. The third-order valence-corrected chi connectivity index (χ3v) is 3.64. The van der Waals surface area contributed by atoms with Crippen LogP contribution in [0.4, 0.5) is 0 Å². The summed E-state index contributed by atoms with van der Waals surface area (Å²) in [5, 5.41) is 12.4. The van der Waals surface area contributed by atoms with Crippen LogP contribution in [0.2, 0.25) is 0 Å². The molecule has 1 fully saturated rings.